The Kier molecular flexibility index (Phi) is 4.86. The van der Waals surface area contributed by atoms with E-state index in [1.807, 2.05) is 18.2 Å². The second-order valence-electron chi connectivity index (χ2n) is 5.42. The first-order chi connectivity index (χ1) is 10.1. The van der Waals surface area contributed by atoms with Crippen LogP contribution in [0.4, 0.5) is 5.69 Å². The fourth-order valence-corrected chi connectivity index (χ4v) is 2.62. The molecule has 2 rings (SSSR count). The molecule has 0 aliphatic carbocycles. The number of anilines is 1. The Hall–Kier alpha value is -2.00. The summed E-state index contributed by atoms with van der Waals surface area (Å²) in [4.78, 5) is 2.21. The average molecular weight is 284 g/mol. The zero-order chi connectivity index (χ0) is 15.4. The average Bonchev–Trinajstić information content (AvgIpc) is 2.51. The molecule has 0 aliphatic heterocycles. The van der Waals surface area contributed by atoms with Gasteiger partial charge in [-0.2, -0.15) is 0 Å². The van der Waals surface area contributed by atoms with Gasteiger partial charge < -0.3 is 15.4 Å². The second-order valence-corrected chi connectivity index (χ2v) is 5.42. The molecule has 1 atom stereocenters. The Morgan fingerprint density at radius 2 is 1.90 bits per heavy atom. The standard InChI is InChI=1S/C18H24N2O/c1-13-8-9-14(2)17(10-13)18(12-19)20(3)15-6-5-7-16(11-15)21-4/h5-11,18H,12,19H2,1-4H3. The monoisotopic (exact) mass is 284 g/mol. The number of ether oxygens (including phenoxy) is 1. The molecule has 1 unspecified atom stereocenters. The molecule has 0 bridgehead atoms. The van der Waals surface area contributed by atoms with Gasteiger partial charge in [-0.25, -0.2) is 0 Å². The summed E-state index contributed by atoms with van der Waals surface area (Å²) in [6, 6.07) is 14.7. The highest BCUT2D eigenvalue weighted by Gasteiger charge is 2.18. The molecule has 0 aromatic heterocycles. The van der Waals surface area contributed by atoms with Crippen molar-refractivity contribution in [2.45, 2.75) is 19.9 Å². The smallest absolute Gasteiger partial charge is 0.120 e. The van der Waals surface area contributed by atoms with Gasteiger partial charge in [0.25, 0.3) is 0 Å². The molecule has 3 heteroatoms. The van der Waals surface area contributed by atoms with Crippen LogP contribution in [0, 0.1) is 13.8 Å². The summed E-state index contributed by atoms with van der Waals surface area (Å²) < 4.78 is 5.31. The summed E-state index contributed by atoms with van der Waals surface area (Å²) in [6.07, 6.45) is 0. The summed E-state index contributed by atoms with van der Waals surface area (Å²) >= 11 is 0. The lowest BCUT2D eigenvalue weighted by Crippen LogP contribution is -2.31. The molecule has 0 heterocycles. The van der Waals surface area contributed by atoms with E-state index in [9.17, 15) is 0 Å². The zero-order valence-electron chi connectivity index (χ0n) is 13.3. The van der Waals surface area contributed by atoms with Crippen molar-refractivity contribution >= 4 is 5.69 Å². The highest BCUT2D eigenvalue weighted by Crippen LogP contribution is 2.29. The van der Waals surface area contributed by atoms with E-state index in [1.165, 1.54) is 16.7 Å². The number of benzene rings is 2. The second kappa shape index (κ2) is 6.64. The molecule has 21 heavy (non-hydrogen) atoms. The maximum absolute atomic E-state index is 6.06. The molecular formula is C18H24N2O. The van der Waals surface area contributed by atoms with Gasteiger partial charge in [0.05, 0.1) is 13.2 Å². The van der Waals surface area contributed by atoms with Crippen LogP contribution in [0.15, 0.2) is 42.5 Å². The predicted molar refractivity (Wildman–Crippen MR) is 89.1 cm³/mol. The van der Waals surface area contributed by atoms with Crippen LogP contribution in [-0.4, -0.2) is 20.7 Å². The van der Waals surface area contributed by atoms with Crippen LogP contribution < -0.4 is 15.4 Å². The lowest BCUT2D eigenvalue weighted by Gasteiger charge is -2.31. The maximum atomic E-state index is 6.06. The third-order valence-corrected chi connectivity index (χ3v) is 3.95. The van der Waals surface area contributed by atoms with Gasteiger partial charge in [0, 0.05) is 25.3 Å². The highest BCUT2D eigenvalue weighted by atomic mass is 16.5. The Labute approximate surface area is 127 Å². The maximum Gasteiger partial charge on any atom is 0.120 e. The van der Waals surface area contributed by atoms with Crippen molar-refractivity contribution in [1.29, 1.82) is 0 Å². The number of nitrogens with zero attached hydrogens (tertiary/aromatic N) is 1. The van der Waals surface area contributed by atoms with Gasteiger partial charge in [0.2, 0.25) is 0 Å². The molecule has 3 nitrogen and oxygen atoms in total. The van der Waals surface area contributed by atoms with Gasteiger partial charge >= 0.3 is 0 Å². The molecule has 2 aromatic rings. The number of hydrogen-bond donors (Lipinski definition) is 1. The molecule has 0 radical (unpaired) electrons. The van der Waals surface area contributed by atoms with Crippen LogP contribution in [0.3, 0.4) is 0 Å². The fourth-order valence-electron chi connectivity index (χ4n) is 2.62. The number of rotatable bonds is 5. The SMILES string of the molecule is COc1cccc(N(C)C(CN)c2cc(C)ccc2C)c1. The van der Waals surface area contributed by atoms with E-state index in [4.69, 9.17) is 10.5 Å². The quantitative estimate of drug-likeness (QED) is 0.914. The van der Waals surface area contributed by atoms with Crippen LogP contribution in [0.2, 0.25) is 0 Å². The molecule has 112 valence electrons. The van der Waals surface area contributed by atoms with Crippen molar-refractivity contribution in [3.63, 3.8) is 0 Å². The minimum Gasteiger partial charge on any atom is -0.497 e. The largest absolute Gasteiger partial charge is 0.497 e. The predicted octanol–water partition coefficient (Wildman–Crippen LogP) is 3.45. The molecule has 0 amide bonds. The van der Waals surface area contributed by atoms with Crippen molar-refractivity contribution in [2.75, 3.05) is 25.6 Å². The molecule has 2 N–H and O–H groups in total. The Morgan fingerprint density at radius 3 is 2.57 bits per heavy atom. The van der Waals surface area contributed by atoms with Crippen molar-refractivity contribution in [3.05, 3.63) is 59.2 Å². The molecule has 0 spiro atoms. The number of likely N-dealkylation sites (N-methyl/N-ethyl adjacent to an activating group) is 1. The number of hydrogen-bond acceptors (Lipinski definition) is 3. The molecule has 0 saturated heterocycles. The van der Waals surface area contributed by atoms with E-state index in [2.05, 4.69) is 50.1 Å². The van der Waals surface area contributed by atoms with Crippen molar-refractivity contribution in [2.24, 2.45) is 5.73 Å². The Balaban J connectivity index is 2.37. The van der Waals surface area contributed by atoms with Gasteiger partial charge in [-0.15, -0.1) is 0 Å². The fraction of sp³-hybridized carbons (Fsp3) is 0.333. The first-order valence-electron chi connectivity index (χ1n) is 7.21. The summed E-state index contributed by atoms with van der Waals surface area (Å²) in [7, 11) is 3.76. The van der Waals surface area contributed by atoms with Crippen molar-refractivity contribution in [1.82, 2.24) is 0 Å². The van der Waals surface area contributed by atoms with Crippen LogP contribution in [0.1, 0.15) is 22.7 Å². The van der Waals surface area contributed by atoms with Gasteiger partial charge in [-0.3, -0.25) is 0 Å². The van der Waals surface area contributed by atoms with Gasteiger partial charge in [-0.1, -0.05) is 29.8 Å². The minimum absolute atomic E-state index is 0.150. The van der Waals surface area contributed by atoms with Gasteiger partial charge in [0.1, 0.15) is 5.75 Å². The van der Waals surface area contributed by atoms with Crippen molar-refractivity contribution < 1.29 is 4.74 Å². The van der Waals surface area contributed by atoms with Crippen LogP contribution in [-0.2, 0) is 0 Å². The first-order valence-corrected chi connectivity index (χ1v) is 7.21. The summed E-state index contributed by atoms with van der Waals surface area (Å²) in [5.41, 5.74) is 11.0. The molecular weight excluding hydrogens is 260 g/mol. The van der Waals surface area contributed by atoms with Gasteiger partial charge in [-0.05, 0) is 37.1 Å². The molecule has 0 aliphatic rings. The number of nitrogens with two attached hydrogens (primary N) is 1. The lowest BCUT2D eigenvalue weighted by molar-refractivity contribution is 0.414. The number of aryl methyl sites for hydroxylation is 2. The topological polar surface area (TPSA) is 38.5 Å². The van der Waals surface area contributed by atoms with E-state index >= 15 is 0 Å². The van der Waals surface area contributed by atoms with Crippen LogP contribution >= 0.6 is 0 Å². The first kappa shape index (κ1) is 15.4. The zero-order valence-corrected chi connectivity index (χ0v) is 13.3. The summed E-state index contributed by atoms with van der Waals surface area (Å²) in [6.45, 7) is 4.82. The normalized spacial score (nSPS) is 12.0. The summed E-state index contributed by atoms with van der Waals surface area (Å²) in [5.74, 6) is 0.857. The van der Waals surface area contributed by atoms with E-state index in [1.54, 1.807) is 7.11 Å². The third-order valence-electron chi connectivity index (χ3n) is 3.95. The Bertz CT molecular complexity index is 610. The van der Waals surface area contributed by atoms with Crippen LogP contribution in [0.5, 0.6) is 5.75 Å². The van der Waals surface area contributed by atoms with E-state index in [-0.39, 0.29) is 6.04 Å². The van der Waals surface area contributed by atoms with E-state index in [0.717, 1.165) is 11.4 Å². The minimum atomic E-state index is 0.150. The molecule has 2 aromatic carbocycles. The van der Waals surface area contributed by atoms with Crippen molar-refractivity contribution in [3.8, 4) is 5.75 Å². The third kappa shape index (κ3) is 3.37. The van der Waals surface area contributed by atoms with Gasteiger partial charge in [0.15, 0.2) is 0 Å². The number of methoxy groups -OCH3 is 1. The Morgan fingerprint density at radius 1 is 1.14 bits per heavy atom. The van der Waals surface area contributed by atoms with E-state index < -0.39 is 0 Å². The molecule has 0 saturated carbocycles. The van der Waals surface area contributed by atoms with Crippen LogP contribution in [0.25, 0.3) is 0 Å². The highest BCUT2D eigenvalue weighted by molar-refractivity contribution is 5.53. The summed E-state index contributed by atoms with van der Waals surface area (Å²) in [5, 5.41) is 0. The molecule has 0 fully saturated rings. The van der Waals surface area contributed by atoms with E-state index in [0.29, 0.717) is 6.54 Å². The lowest BCUT2D eigenvalue weighted by atomic mass is 9.97.